The molecular weight excluding hydrogens is 344 g/mol. The van der Waals surface area contributed by atoms with Crippen molar-refractivity contribution in [2.24, 2.45) is 0 Å². The van der Waals surface area contributed by atoms with Gasteiger partial charge in [-0.25, -0.2) is 4.98 Å². The van der Waals surface area contributed by atoms with Gasteiger partial charge in [0.25, 0.3) is 5.91 Å². The van der Waals surface area contributed by atoms with Crippen molar-refractivity contribution in [1.82, 2.24) is 15.3 Å². The molecule has 2 aliphatic rings. The molecule has 150 valence electrons. The Morgan fingerprint density at radius 3 is 2.56 bits per heavy atom. The fourth-order valence-electron chi connectivity index (χ4n) is 3.50. The lowest BCUT2D eigenvalue weighted by Crippen LogP contribution is -2.37. The molecule has 2 saturated carbocycles. The van der Waals surface area contributed by atoms with Crippen LogP contribution in [-0.4, -0.2) is 45.3 Å². The van der Waals surface area contributed by atoms with Gasteiger partial charge in [-0.05, 0) is 58.8 Å². The predicted molar refractivity (Wildman–Crippen MR) is 104 cm³/mol. The summed E-state index contributed by atoms with van der Waals surface area (Å²) in [6.45, 7) is 3.83. The highest BCUT2D eigenvalue weighted by Crippen LogP contribution is 2.24. The zero-order valence-electron chi connectivity index (χ0n) is 16.4. The van der Waals surface area contributed by atoms with E-state index in [0.29, 0.717) is 23.4 Å². The maximum absolute atomic E-state index is 12.8. The normalized spacial score (nSPS) is 23.9. The Bertz CT molecular complexity index is 634. The standard InChI is InChI=1S/C20H32N4O3/c1-13(2)27-19-17(12-21-20(24-19)23-14-7-5-8-14)18(26)22-15-6-3-4-9-16(25)11-10-15/h12-16,25H,3-11H2,1-2H3,(H,22,26)(H,21,23,24)/t15-,16+/m1/s1. The van der Waals surface area contributed by atoms with Gasteiger partial charge >= 0.3 is 0 Å². The van der Waals surface area contributed by atoms with Crippen LogP contribution < -0.4 is 15.4 Å². The minimum Gasteiger partial charge on any atom is -0.474 e. The van der Waals surface area contributed by atoms with Gasteiger partial charge in [-0.3, -0.25) is 4.79 Å². The SMILES string of the molecule is CC(C)Oc1nc(NC2CCC2)ncc1C(=O)N[C@@H]1CCCC[C@H](O)CC1. The van der Waals surface area contributed by atoms with Gasteiger partial charge in [0.15, 0.2) is 0 Å². The minimum absolute atomic E-state index is 0.0622. The smallest absolute Gasteiger partial charge is 0.258 e. The lowest BCUT2D eigenvalue weighted by molar-refractivity contribution is 0.0903. The van der Waals surface area contributed by atoms with Crippen molar-refractivity contribution in [3.63, 3.8) is 0 Å². The fraction of sp³-hybridized carbons (Fsp3) is 0.750. The van der Waals surface area contributed by atoms with E-state index in [-0.39, 0.29) is 24.2 Å². The van der Waals surface area contributed by atoms with Gasteiger partial charge in [0, 0.05) is 18.3 Å². The summed E-state index contributed by atoms with van der Waals surface area (Å²) in [7, 11) is 0. The molecule has 1 aromatic rings. The first-order valence-corrected chi connectivity index (χ1v) is 10.3. The predicted octanol–water partition coefficient (Wildman–Crippen LogP) is 3.04. The molecule has 0 radical (unpaired) electrons. The summed E-state index contributed by atoms with van der Waals surface area (Å²) < 4.78 is 5.80. The van der Waals surface area contributed by atoms with Crippen LogP contribution in [0.25, 0.3) is 0 Å². The molecule has 2 aliphatic carbocycles. The lowest BCUT2D eigenvalue weighted by Gasteiger charge is -2.26. The van der Waals surface area contributed by atoms with Crippen LogP contribution in [0.4, 0.5) is 5.95 Å². The first-order valence-electron chi connectivity index (χ1n) is 10.3. The number of rotatable bonds is 6. The summed E-state index contributed by atoms with van der Waals surface area (Å²) in [5, 5.41) is 16.3. The number of amides is 1. The highest BCUT2D eigenvalue weighted by atomic mass is 16.5. The molecule has 2 fully saturated rings. The van der Waals surface area contributed by atoms with E-state index in [4.69, 9.17) is 4.74 Å². The molecule has 0 aromatic carbocycles. The molecule has 1 aromatic heterocycles. The largest absolute Gasteiger partial charge is 0.474 e. The summed E-state index contributed by atoms with van der Waals surface area (Å²) >= 11 is 0. The lowest BCUT2D eigenvalue weighted by atomic mass is 9.93. The summed E-state index contributed by atoms with van der Waals surface area (Å²) in [5.74, 6) is 0.632. The van der Waals surface area contributed by atoms with Crippen molar-refractivity contribution in [2.45, 2.75) is 95.9 Å². The Kier molecular flexibility index (Phi) is 6.88. The second-order valence-corrected chi connectivity index (χ2v) is 8.04. The van der Waals surface area contributed by atoms with Crippen molar-refractivity contribution in [2.75, 3.05) is 5.32 Å². The van der Waals surface area contributed by atoms with E-state index in [9.17, 15) is 9.90 Å². The van der Waals surface area contributed by atoms with Crippen LogP contribution in [0.1, 0.15) is 82.0 Å². The van der Waals surface area contributed by atoms with E-state index < -0.39 is 0 Å². The van der Waals surface area contributed by atoms with Crippen LogP contribution in [-0.2, 0) is 0 Å². The summed E-state index contributed by atoms with van der Waals surface area (Å²) in [6, 6.07) is 0.477. The van der Waals surface area contributed by atoms with Gasteiger partial charge < -0.3 is 20.5 Å². The van der Waals surface area contributed by atoms with Crippen molar-refractivity contribution >= 4 is 11.9 Å². The third-order valence-electron chi connectivity index (χ3n) is 5.31. The van der Waals surface area contributed by atoms with Gasteiger partial charge in [-0.2, -0.15) is 4.98 Å². The Hall–Kier alpha value is -1.89. The first kappa shape index (κ1) is 19.9. The van der Waals surface area contributed by atoms with Crippen LogP contribution in [0.5, 0.6) is 5.88 Å². The Morgan fingerprint density at radius 2 is 1.85 bits per heavy atom. The number of carbonyl (C=O) groups is 1. The van der Waals surface area contributed by atoms with E-state index >= 15 is 0 Å². The van der Waals surface area contributed by atoms with E-state index in [1.54, 1.807) is 6.20 Å². The first-order chi connectivity index (χ1) is 13.0. The highest BCUT2D eigenvalue weighted by Gasteiger charge is 2.23. The number of aromatic nitrogens is 2. The number of carbonyl (C=O) groups excluding carboxylic acids is 1. The number of nitrogens with zero attached hydrogens (tertiary/aromatic N) is 2. The van der Waals surface area contributed by atoms with Gasteiger partial charge in [0.1, 0.15) is 5.56 Å². The molecule has 1 amide bonds. The number of anilines is 1. The summed E-state index contributed by atoms with van der Waals surface area (Å²) in [5.41, 5.74) is 0.366. The maximum Gasteiger partial charge on any atom is 0.258 e. The molecule has 2 atom stereocenters. The zero-order chi connectivity index (χ0) is 19.2. The fourth-order valence-corrected chi connectivity index (χ4v) is 3.50. The molecule has 0 aliphatic heterocycles. The Morgan fingerprint density at radius 1 is 1.11 bits per heavy atom. The van der Waals surface area contributed by atoms with E-state index in [1.165, 1.54) is 6.42 Å². The molecule has 0 unspecified atom stereocenters. The molecule has 27 heavy (non-hydrogen) atoms. The monoisotopic (exact) mass is 376 g/mol. The molecule has 7 nitrogen and oxygen atoms in total. The van der Waals surface area contributed by atoms with Crippen molar-refractivity contribution < 1.29 is 14.6 Å². The third-order valence-corrected chi connectivity index (χ3v) is 5.31. The van der Waals surface area contributed by atoms with Gasteiger partial charge in [0.05, 0.1) is 12.2 Å². The van der Waals surface area contributed by atoms with Crippen LogP contribution in [0.3, 0.4) is 0 Å². The minimum atomic E-state index is -0.260. The topological polar surface area (TPSA) is 96.4 Å². The molecule has 3 rings (SSSR count). The average Bonchev–Trinajstić information content (AvgIpc) is 2.57. The van der Waals surface area contributed by atoms with Crippen LogP contribution in [0, 0.1) is 0 Å². The molecule has 7 heteroatoms. The number of hydrogen-bond acceptors (Lipinski definition) is 6. The van der Waals surface area contributed by atoms with Crippen LogP contribution >= 0.6 is 0 Å². The van der Waals surface area contributed by atoms with Gasteiger partial charge in [-0.1, -0.05) is 12.8 Å². The van der Waals surface area contributed by atoms with E-state index in [0.717, 1.165) is 51.4 Å². The second-order valence-electron chi connectivity index (χ2n) is 8.04. The number of aliphatic hydroxyl groups is 1. The van der Waals surface area contributed by atoms with Gasteiger partial charge in [-0.15, -0.1) is 0 Å². The van der Waals surface area contributed by atoms with Gasteiger partial charge in [0.2, 0.25) is 11.8 Å². The maximum atomic E-state index is 12.8. The highest BCUT2D eigenvalue weighted by molar-refractivity contribution is 5.96. The summed E-state index contributed by atoms with van der Waals surface area (Å²) in [4.78, 5) is 21.6. The van der Waals surface area contributed by atoms with E-state index in [1.807, 2.05) is 13.8 Å². The Labute approximate surface area is 161 Å². The third kappa shape index (κ3) is 5.79. The Balaban J connectivity index is 1.69. The molecule has 0 bridgehead atoms. The van der Waals surface area contributed by atoms with Crippen LogP contribution in [0.2, 0.25) is 0 Å². The summed E-state index contributed by atoms with van der Waals surface area (Å²) in [6.07, 6.45) is 10.00. The van der Waals surface area contributed by atoms with Crippen molar-refractivity contribution in [3.05, 3.63) is 11.8 Å². The number of ether oxygens (including phenoxy) is 1. The van der Waals surface area contributed by atoms with Crippen molar-refractivity contribution in [1.29, 1.82) is 0 Å². The molecule has 0 saturated heterocycles. The van der Waals surface area contributed by atoms with Crippen molar-refractivity contribution in [3.8, 4) is 5.88 Å². The molecule has 0 spiro atoms. The van der Waals surface area contributed by atoms with E-state index in [2.05, 4.69) is 20.6 Å². The average molecular weight is 377 g/mol. The quantitative estimate of drug-likeness (QED) is 0.706. The number of hydrogen-bond donors (Lipinski definition) is 3. The van der Waals surface area contributed by atoms with Crippen LogP contribution in [0.15, 0.2) is 6.20 Å². The number of aliphatic hydroxyl groups excluding tert-OH is 1. The molecule has 3 N–H and O–H groups in total. The second kappa shape index (κ2) is 9.35. The molecule has 1 heterocycles. The number of nitrogens with one attached hydrogen (secondary N) is 2. The molecular formula is C20H32N4O3. The zero-order valence-corrected chi connectivity index (χ0v) is 16.4.